The molecule has 1 spiro atoms. The van der Waals surface area contributed by atoms with Gasteiger partial charge >= 0.3 is 0 Å². The first-order valence-corrected chi connectivity index (χ1v) is 16.4. The SMILES string of the molecule is C=CCS(=O)(=O)NC(=O)c1ccc2c(c1)N(C[C@@H]1CC[C@H]1CC[C@@H](O)C=C)CC1(CCCc3cc(Cl)ccc31)CO2. The Hall–Kier alpha value is -2.81. The van der Waals surface area contributed by atoms with Gasteiger partial charge in [-0.05, 0) is 98.2 Å². The van der Waals surface area contributed by atoms with E-state index in [2.05, 4.69) is 34.9 Å². The lowest BCUT2D eigenvalue weighted by Gasteiger charge is -2.44. The molecule has 1 saturated carbocycles. The molecule has 0 saturated heterocycles. The molecule has 1 fully saturated rings. The lowest BCUT2D eigenvalue weighted by molar-refractivity contribution is 0.0981. The van der Waals surface area contributed by atoms with Crippen molar-refractivity contribution < 1.29 is 23.1 Å². The minimum Gasteiger partial charge on any atom is -0.490 e. The van der Waals surface area contributed by atoms with Crippen molar-refractivity contribution in [3.63, 3.8) is 0 Å². The summed E-state index contributed by atoms with van der Waals surface area (Å²) < 4.78 is 33.2. The van der Waals surface area contributed by atoms with E-state index in [1.54, 1.807) is 24.3 Å². The number of hydrogen-bond acceptors (Lipinski definition) is 6. The van der Waals surface area contributed by atoms with Gasteiger partial charge in [-0.15, -0.1) is 13.2 Å². The molecule has 2 aromatic carbocycles. The number of aryl methyl sites for hydroxylation is 1. The molecule has 0 bridgehead atoms. The number of hydrogen-bond donors (Lipinski definition) is 2. The first-order valence-electron chi connectivity index (χ1n) is 14.4. The molecule has 2 N–H and O–H groups in total. The fourth-order valence-electron chi connectivity index (χ4n) is 6.70. The number of carbonyl (C=O) groups excluding carboxylic acids is 1. The van der Waals surface area contributed by atoms with Gasteiger partial charge in [-0.1, -0.05) is 29.8 Å². The van der Waals surface area contributed by atoms with Crippen molar-refractivity contribution in [3.05, 3.63) is 83.4 Å². The quantitative estimate of drug-likeness (QED) is 0.355. The summed E-state index contributed by atoms with van der Waals surface area (Å²) in [4.78, 5) is 15.3. The average molecular weight is 599 g/mol. The molecule has 1 aliphatic heterocycles. The lowest BCUT2D eigenvalue weighted by Crippen LogP contribution is -2.48. The van der Waals surface area contributed by atoms with Crippen LogP contribution in [0.5, 0.6) is 5.75 Å². The number of ether oxygens (including phenoxy) is 1. The van der Waals surface area contributed by atoms with Crippen molar-refractivity contribution in [1.82, 2.24) is 4.72 Å². The molecule has 220 valence electrons. The molecule has 0 aromatic heterocycles. The first-order chi connectivity index (χ1) is 19.6. The number of amides is 1. The summed E-state index contributed by atoms with van der Waals surface area (Å²) in [6.45, 7) is 9.17. The van der Waals surface area contributed by atoms with Crippen molar-refractivity contribution in [2.24, 2.45) is 11.8 Å². The van der Waals surface area contributed by atoms with E-state index in [1.165, 1.54) is 17.2 Å². The van der Waals surface area contributed by atoms with E-state index in [-0.39, 0.29) is 16.7 Å². The zero-order valence-electron chi connectivity index (χ0n) is 23.4. The average Bonchev–Trinajstić information content (AvgIpc) is 3.07. The van der Waals surface area contributed by atoms with Crippen LogP contribution in [0.25, 0.3) is 0 Å². The third kappa shape index (κ3) is 6.50. The van der Waals surface area contributed by atoms with Gasteiger partial charge < -0.3 is 14.7 Å². The molecule has 5 rings (SSSR count). The summed E-state index contributed by atoms with van der Waals surface area (Å²) in [6, 6.07) is 11.3. The van der Waals surface area contributed by atoms with Crippen LogP contribution < -0.4 is 14.4 Å². The number of sulfonamides is 1. The Morgan fingerprint density at radius 1 is 1.22 bits per heavy atom. The molecule has 3 aliphatic rings. The van der Waals surface area contributed by atoms with Gasteiger partial charge in [0.2, 0.25) is 10.0 Å². The second-order valence-electron chi connectivity index (χ2n) is 11.8. The minimum atomic E-state index is -3.82. The number of nitrogens with zero attached hydrogens (tertiary/aromatic N) is 1. The minimum absolute atomic E-state index is 0.245. The highest BCUT2D eigenvalue weighted by molar-refractivity contribution is 7.90. The zero-order chi connectivity index (χ0) is 29.2. The highest BCUT2D eigenvalue weighted by atomic mass is 35.5. The number of benzene rings is 2. The van der Waals surface area contributed by atoms with Crippen LogP contribution in [0.2, 0.25) is 5.02 Å². The molecule has 9 heteroatoms. The number of fused-ring (bicyclic) bond motifs is 3. The highest BCUT2D eigenvalue weighted by Gasteiger charge is 2.43. The number of nitrogens with one attached hydrogen (secondary N) is 1. The van der Waals surface area contributed by atoms with Gasteiger partial charge in [0, 0.05) is 29.1 Å². The van der Waals surface area contributed by atoms with Crippen LogP contribution >= 0.6 is 11.6 Å². The van der Waals surface area contributed by atoms with E-state index in [9.17, 15) is 18.3 Å². The number of halogens is 1. The fourth-order valence-corrected chi connectivity index (χ4v) is 7.69. The van der Waals surface area contributed by atoms with E-state index < -0.39 is 22.0 Å². The third-order valence-electron chi connectivity index (χ3n) is 9.02. The Labute approximate surface area is 248 Å². The molecule has 7 nitrogen and oxygen atoms in total. The molecule has 1 unspecified atom stereocenters. The van der Waals surface area contributed by atoms with Crippen molar-refractivity contribution >= 4 is 33.2 Å². The van der Waals surface area contributed by atoms with E-state index >= 15 is 0 Å². The van der Waals surface area contributed by atoms with Crippen LogP contribution in [-0.4, -0.2) is 51.0 Å². The Morgan fingerprint density at radius 3 is 2.76 bits per heavy atom. The van der Waals surface area contributed by atoms with E-state index in [1.807, 2.05) is 6.07 Å². The molecule has 41 heavy (non-hydrogen) atoms. The topological polar surface area (TPSA) is 95.9 Å². The monoisotopic (exact) mass is 598 g/mol. The number of aliphatic hydroxyl groups excluding tert-OH is 1. The molecule has 1 amide bonds. The van der Waals surface area contributed by atoms with Crippen molar-refractivity contribution in [2.75, 3.05) is 30.3 Å². The standard InChI is InChI=1S/C32H39ClN2O5S/c1-3-16-41(38,39)34-31(37)24-10-14-30-29(18-24)35(19-25-8-7-22(25)9-12-27(36)4-2)20-32(21-40-30)15-5-6-23-17-26(33)11-13-28(23)32/h3-4,10-11,13-14,17-18,22,25,27,36H,1-2,5-9,12,15-16,19-21H2,(H,34,37)/t22-,25-,27-,32?/m0/s1. The maximum absolute atomic E-state index is 13.0. The number of carbonyl (C=O) groups is 1. The van der Waals surface area contributed by atoms with Gasteiger partial charge in [-0.2, -0.15) is 0 Å². The summed E-state index contributed by atoms with van der Waals surface area (Å²) in [5.41, 5.74) is 3.33. The lowest BCUT2D eigenvalue weighted by atomic mass is 9.68. The summed E-state index contributed by atoms with van der Waals surface area (Å²) in [7, 11) is -3.82. The van der Waals surface area contributed by atoms with Crippen LogP contribution in [0.1, 0.15) is 60.0 Å². The number of rotatable bonds is 10. The van der Waals surface area contributed by atoms with E-state index in [0.717, 1.165) is 55.8 Å². The normalized spacial score (nSPS) is 24.2. The van der Waals surface area contributed by atoms with Gasteiger partial charge in [0.1, 0.15) is 5.75 Å². The summed E-state index contributed by atoms with van der Waals surface area (Å²) in [5.74, 6) is 0.613. The Balaban J connectivity index is 1.48. The van der Waals surface area contributed by atoms with Crippen LogP contribution in [0.3, 0.4) is 0 Å². The van der Waals surface area contributed by atoms with Gasteiger partial charge in [-0.3, -0.25) is 4.79 Å². The molecule has 2 aromatic rings. The molecule has 2 aliphatic carbocycles. The third-order valence-corrected chi connectivity index (χ3v) is 10.4. The predicted octanol–water partition coefficient (Wildman–Crippen LogP) is 5.41. The van der Waals surface area contributed by atoms with Crippen LogP contribution in [0.4, 0.5) is 5.69 Å². The Morgan fingerprint density at radius 2 is 2.02 bits per heavy atom. The maximum Gasteiger partial charge on any atom is 0.264 e. The Bertz CT molecular complexity index is 1430. The summed E-state index contributed by atoms with van der Waals surface area (Å²) >= 11 is 6.37. The van der Waals surface area contributed by atoms with Gasteiger partial charge in [0.25, 0.3) is 5.91 Å². The first kappa shape index (κ1) is 29.7. The maximum atomic E-state index is 13.0. The Kier molecular flexibility index (Phi) is 8.83. The fraction of sp³-hybridized carbons (Fsp3) is 0.469. The zero-order valence-corrected chi connectivity index (χ0v) is 24.9. The van der Waals surface area contributed by atoms with Gasteiger partial charge in [0.05, 0.1) is 24.2 Å². The summed E-state index contributed by atoms with van der Waals surface area (Å²) in [6.07, 6.45) is 9.19. The highest BCUT2D eigenvalue weighted by Crippen LogP contribution is 2.46. The second kappa shape index (κ2) is 12.2. The summed E-state index contributed by atoms with van der Waals surface area (Å²) in [5, 5.41) is 10.8. The predicted molar refractivity (Wildman–Crippen MR) is 163 cm³/mol. The van der Waals surface area contributed by atoms with Crippen LogP contribution in [-0.2, 0) is 21.9 Å². The molecular weight excluding hydrogens is 560 g/mol. The van der Waals surface area contributed by atoms with Gasteiger partial charge in [-0.25, -0.2) is 13.1 Å². The molecular formula is C32H39ClN2O5S. The molecule has 0 radical (unpaired) electrons. The number of anilines is 1. The van der Waals surface area contributed by atoms with Crippen LogP contribution in [0, 0.1) is 11.8 Å². The second-order valence-corrected chi connectivity index (χ2v) is 14.0. The largest absolute Gasteiger partial charge is 0.490 e. The van der Waals surface area contributed by atoms with Crippen molar-refractivity contribution in [1.29, 1.82) is 0 Å². The van der Waals surface area contributed by atoms with Crippen molar-refractivity contribution in [3.8, 4) is 5.75 Å². The van der Waals surface area contributed by atoms with Crippen LogP contribution in [0.15, 0.2) is 61.7 Å². The van der Waals surface area contributed by atoms with Crippen molar-refractivity contribution in [2.45, 2.75) is 56.5 Å². The van der Waals surface area contributed by atoms with Gasteiger partial charge in [0.15, 0.2) is 0 Å². The molecule has 4 atom stereocenters. The number of aliphatic hydroxyl groups is 1. The van der Waals surface area contributed by atoms with E-state index in [4.69, 9.17) is 16.3 Å². The van der Waals surface area contributed by atoms with E-state index in [0.29, 0.717) is 37.2 Å². The smallest absolute Gasteiger partial charge is 0.264 e. The molecule has 1 heterocycles.